The maximum atomic E-state index is 13.7. The molecule has 1 saturated heterocycles. The fraction of sp³-hybridized carbons (Fsp3) is 0.280. The Balaban J connectivity index is 1.57. The van der Waals surface area contributed by atoms with E-state index in [1.807, 2.05) is 42.5 Å². The van der Waals surface area contributed by atoms with Gasteiger partial charge in [-0.25, -0.2) is 4.39 Å². The van der Waals surface area contributed by atoms with Gasteiger partial charge in [0.1, 0.15) is 17.7 Å². The predicted octanol–water partition coefficient (Wildman–Crippen LogP) is 5.15. The number of rotatable bonds is 7. The predicted molar refractivity (Wildman–Crippen MR) is 116 cm³/mol. The van der Waals surface area contributed by atoms with Crippen molar-refractivity contribution in [1.29, 1.82) is 0 Å². The Morgan fingerprint density at radius 1 is 1.16 bits per heavy atom. The fourth-order valence-electron chi connectivity index (χ4n) is 3.81. The number of aliphatic carboxylic acids is 1. The summed E-state index contributed by atoms with van der Waals surface area (Å²) in [6, 6.07) is 13.4. The lowest BCUT2D eigenvalue weighted by Crippen LogP contribution is -2.32. The van der Waals surface area contributed by atoms with Gasteiger partial charge in [0.25, 0.3) is 0 Å². The Labute approximate surface area is 183 Å². The summed E-state index contributed by atoms with van der Waals surface area (Å²) < 4.78 is 31.3. The van der Waals surface area contributed by atoms with Crippen molar-refractivity contribution in [3.63, 3.8) is 0 Å². The SMILES string of the molecule is O=C(O)CC/C=C\CC1COC(c2coc3ccc(F)cc3c2=O)OC1c1ccccc1. The highest BCUT2D eigenvalue weighted by atomic mass is 19.1. The molecule has 0 saturated carbocycles. The van der Waals surface area contributed by atoms with E-state index in [0.29, 0.717) is 25.0 Å². The van der Waals surface area contributed by atoms with Crippen LogP contribution in [-0.4, -0.2) is 17.7 Å². The van der Waals surface area contributed by atoms with Crippen molar-refractivity contribution < 1.29 is 28.2 Å². The average Bonchev–Trinajstić information content (AvgIpc) is 2.80. The van der Waals surface area contributed by atoms with E-state index in [1.54, 1.807) is 0 Å². The van der Waals surface area contributed by atoms with Crippen LogP contribution in [-0.2, 0) is 14.3 Å². The summed E-state index contributed by atoms with van der Waals surface area (Å²) in [6.45, 7) is 0.328. The minimum absolute atomic E-state index is 0.0281. The van der Waals surface area contributed by atoms with Gasteiger partial charge in [0.2, 0.25) is 5.43 Å². The highest BCUT2D eigenvalue weighted by Crippen LogP contribution is 2.39. The molecule has 1 aromatic heterocycles. The molecule has 2 aromatic carbocycles. The molecule has 0 aliphatic carbocycles. The first-order valence-electron chi connectivity index (χ1n) is 10.4. The van der Waals surface area contributed by atoms with E-state index in [0.717, 1.165) is 11.6 Å². The number of carboxylic acids is 1. The van der Waals surface area contributed by atoms with Crippen molar-refractivity contribution in [2.45, 2.75) is 31.7 Å². The summed E-state index contributed by atoms with van der Waals surface area (Å²) >= 11 is 0. The lowest BCUT2D eigenvalue weighted by Gasteiger charge is -2.36. The number of carboxylic acid groups (broad SMARTS) is 1. The molecule has 2 heterocycles. The molecule has 0 amide bonds. The molecule has 4 rings (SSSR count). The zero-order valence-electron chi connectivity index (χ0n) is 17.3. The first-order valence-corrected chi connectivity index (χ1v) is 10.4. The van der Waals surface area contributed by atoms with Crippen molar-refractivity contribution >= 4 is 16.9 Å². The summed E-state index contributed by atoms with van der Waals surface area (Å²) in [5.74, 6) is -1.39. The standard InChI is InChI=1S/C25H23FO6/c26-18-11-12-21-19(13-18)23(29)20(15-30-21)25-31-14-17(9-5-2-6-10-22(27)28)24(32-25)16-7-3-1-4-8-16/h1-5,7-8,11-13,15,17,24-25H,6,9-10,14H2,(H,27,28)/b5-2-. The van der Waals surface area contributed by atoms with Crippen LogP contribution in [0.4, 0.5) is 4.39 Å². The van der Waals surface area contributed by atoms with Crippen molar-refractivity contribution in [2.24, 2.45) is 5.92 Å². The number of hydrogen-bond acceptors (Lipinski definition) is 5. The highest BCUT2D eigenvalue weighted by Gasteiger charge is 2.34. The van der Waals surface area contributed by atoms with Crippen LogP contribution in [0.5, 0.6) is 0 Å². The lowest BCUT2D eigenvalue weighted by atomic mass is 9.92. The second kappa shape index (κ2) is 9.89. The molecule has 0 spiro atoms. The summed E-state index contributed by atoms with van der Waals surface area (Å²) in [6.07, 6.45) is 4.95. The third-order valence-corrected chi connectivity index (χ3v) is 5.43. The second-order valence-corrected chi connectivity index (χ2v) is 7.69. The van der Waals surface area contributed by atoms with Crippen LogP contribution in [0.1, 0.15) is 42.8 Å². The zero-order chi connectivity index (χ0) is 22.5. The van der Waals surface area contributed by atoms with E-state index >= 15 is 0 Å². The van der Waals surface area contributed by atoms with Gasteiger partial charge in [-0.05, 0) is 36.6 Å². The molecule has 1 N–H and O–H groups in total. The quantitative estimate of drug-likeness (QED) is 0.514. The maximum absolute atomic E-state index is 13.7. The molecule has 1 fully saturated rings. The van der Waals surface area contributed by atoms with Crippen LogP contribution in [0.3, 0.4) is 0 Å². The molecule has 3 unspecified atom stereocenters. The van der Waals surface area contributed by atoms with E-state index in [-0.39, 0.29) is 29.4 Å². The van der Waals surface area contributed by atoms with E-state index in [1.165, 1.54) is 18.4 Å². The topological polar surface area (TPSA) is 86.0 Å². The third kappa shape index (κ3) is 4.95. The van der Waals surface area contributed by atoms with Gasteiger partial charge in [-0.15, -0.1) is 0 Å². The number of ether oxygens (including phenoxy) is 2. The first kappa shape index (κ1) is 21.9. The van der Waals surface area contributed by atoms with Gasteiger partial charge in [0.15, 0.2) is 6.29 Å². The molecule has 3 atom stereocenters. The Morgan fingerprint density at radius 3 is 2.75 bits per heavy atom. The largest absolute Gasteiger partial charge is 0.481 e. The summed E-state index contributed by atoms with van der Waals surface area (Å²) in [5.41, 5.74) is 1.02. The molecular formula is C25H23FO6. The van der Waals surface area contributed by atoms with Crippen LogP contribution < -0.4 is 5.43 Å². The molecule has 0 bridgehead atoms. The van der Waals surface area contributed by atoms with E-state index in [2.05, 4.69) is 0 Å². The van der Waals surface area contributed by atoms with Gasteiger partial charge >= 0.3 is 5.97 Å². The average molecular weight is 438 g/mol. The van der Waals surface area contributed by atoms with Crippen molar-refractivity contribution in [1.82, 2.24) is 0 Å². The van der Waals surface area contributed by atoms with Crippen LogP contribution in [0, 0.1) is 11.7 Å². The van der Waals surface area contributed by atoms with Gasteiger partial charge in [-0.3, -0.25) is 9.59 Å². The Morgan fingerprint density at radius 2 is 1.97 bits per heavy atom. The number of halogens is 1. The number of carbonyl (C=O) groups is 1. The third-order valence-electron chi connectivity index (χ3n) is 5.43. The first-order chi connectivity index (χ1) is 15.5. The van der Waals surface area contributed by atoms with Gasteiger partial charge in [0, 0.05) is 12.3 Å². The Hall–Kier alpha value is -3.29. The number of fused-ring (bicyclic) bond motifs is 1. The lowest BCUT2D eigenvalue weighted by molar-refractivity contribution is -0.244. The molecule has 3 aromatic rings. The maximum Gasteiger partial charge on any atom is 0.303 e. The van der Waals surface area contributed by atoms with Gasteiger partial charge in [-0.1, -0.05) is 42.5 Å². The van der Waals surface area contributed by atoms with Crippen LogP contribution in [0.15, 0.2) is 76.2 Å². The summed E-state index contributed by atoms with van der Waals surface area (Å²) in [4.78, 5) is 23.6. The van der Waals surface area contributed by atoms with Crippen molar-refractivity contribution in [3.8, 4) is 0 Å². The molecular weight excluding hydrogens is 415 g/mol. The van der Waals surface area contributed by atoms with Crippen LogP contribution >= 0.6 is 0 Å². The van der Waals surface area contributed by atoms with Gasteiger partial charge in [-0.2, -0.15) is 0 Å². The molecule has 6 nitrogen and oxygen atoms in total. The Bertz CT molecular complexity index is 1170. The summed E-state index contributed by atoms with van der Waals surface area (Å²) in [5, 5.41) is 8.90. The fourth-order valence-corrected chi connectivity index (χ4v) is 3.81. The van der Waals surface area contributed by atoms with Crippen LogP contribution in [0.25, 0.3) is 11.0 Å². The molecule has 166 valence electrons. The smallest absolute Gasteiger partial charge is 0.303 e. The normalized spacial score (nSPS) is 21.2. The van der Waals surface area contributed by atoms with E-state index in [4.69, 9.17) is 19.0 Å². The van der Waals surface area contributed by atoms with Crippen molar-refractivity contribution in [3.05, 3.63) is 94.1 Å². The number of allylic oxidation sites excluding steroid dienone is 2. The second-order valence-electron chi connectivity index (χ2n) is 7.69. The minimum atomic E-state index is -0.948. The van der Waals surface area contributed by atoms with E-state index in [9.17, 15) is 14.0 Å². The van der Waals surface area contributed by atoms with Crippen molar-refractivity contribution in [2.75, 3.05) is 6.61 Å². The molecule has 32 heavy (non-hydrogen) atoms. The van der Waals surface area contributed by atoms with Crippen LogP contribution in [0.2, 0.25) is 0 Å². The molecule has 7 heteroatoms. The monoisotopic (exact) mass is 438 g/mol. The molecule has 1 aliphatic heterocycles. The van der Waals surface area contributed by atoms with Gasteiger partial charge < -0.3 is 19.0 Å². The minimum Gasteiger partial charge on any atom is -0.481 e. The number of hydrogen-bond donors (Lipinski definition) is 1. The molecule has 0 radical (unpaired) electrons. The summed E-state index contributed by atoms with van der Waals surface area (Å²) in [7, 11) is 0. The molecule has 1 aliphatic rings. The van der Waals surface area contributed by atoms with Gasteiger partial charge in [0.05, 0.1) is 23.7 Å². The van der Waals surface area contributed by atoms with E-state index < -0.39 is 23.5 Å². The highest BCUT2D eigenvalue weighted by molar-refractivity contribution is 5.76. The zero-order valence-corrected chi connectivity index (χ0v) is 17.3. The number of benzene rings is 2. The Kier molecular flexibility index (Phi) is 6.78.